The van der Waals surface area contributed by atoms with E-state index in [1.807, 2.05) is 0 Å². The molecule has 1 unspecified atom stereocenters. The summed E-state index contributed by atoms with van der Waals surface area (Å²) in [5.74, 6) is -3.12. The minimum Gasteiger partial charge on any atom is -0.337 e. The molecule has 0 amide bonds. The highest BCUT2D eigenvalue weighted by Gasteiger charge is 2.47. The van der Waals surface area contributed by atoms with Gasteiger partial charge in [0, 0.05) is 6.92 Å². The van der Waals surface area contributed by atoms with E-state index < -0.39 is 61.8 Å². The Labute approximate surface area is 207 Å². The van der Waals surface area contributed by atoms with Crippen molar-refractivity contribution in [1.82, 2.24) is 0 Å². The molecular weight excluding hydrogens is 566 g/mol. The van der Waals surface area contributed by atoms with Crippen molar-refractivity contribution in [2.75, 3.05) is 27.6 Å². The highest BCUT2D eigenvalue weighted by molar-refractivity contribution is 7.80. The molecule has 0 aromatic heterocycles. The first-order valence-electron chi connectivity index (χ1n) is 6.06. The summed E-state index contributed by atoms with van der Waals surface area (Å²) in [6.45, 7) is -4.68. The summed E-state index contributed by atoms with van der Waals surface area (Å²) < 4.78 is 180. The lowest BCUT2D eigenvalue weighted by atomic mass is 10.2. The molecule has 0 aliphatic rings. The predicted molar refractivity (Wildman–Crippen MR) is 118 cm³/mol. The molecule has 0 heterocycles. The van der Waals surface area contributed by atoms with Gasteiger partial charge in [-0.2, -0.15) is 34.8 Å². The second-order valence-corrected chi connectivity index (χ2v) is 4.67. The van der Waals surface area contributed by atoms with Crippen molar-refractivity contribution in [3.05, 3.63) is 0 Å². The molecule has 0 saturated heterocycles. The highest BCUT2D eigenvalue weighted by Crippen LogP contribution is 2.32. The number of ether oxygens (including phenoxy) is 1. The molecule has 0 aromatic carbocycles. The summed E-state index contributed by atoms with van der Waals surface area (Å²) in [7, 11) is -4.67. The first kappa shape index (κ1) is 76.5. The highest BCUT2D eigenvalue weighted by atomic mass is 32.3. The summed E-state index contributed by atoms with van der Waals surface area (Å²) >= 11 is 0. The second kappa shape index (κ2) is 38.4. The second-order valence-electron chi connectivity index (χ2n) is 3.84. The maximum absolute atomic E-state index is 11.6. The Balaban J connectivity index is -0.0000000218. The third kappa shape index (κ3) is 132. The van der Waals surface area contributed by atoms with Crippen molar-refractivity contribution in [2.45, 2.75) is 89.7 Å². The van der Waals surface area contributed by atoms with Crippen LogP contribution in [-0.4, -0.2) is 65.0 Å². The lowest BCUT2D eigenvalue weighted by Gasteiger charge is -2.20. The molecule has 0 aliphatic heterocycles. The van der Waals surface area contributed by atoms with Crippen LogP contribution in [0.3, 0.4) is 0 Å². The van der Waals surface area contributed by atoms with Crippen LogP contribution in [0.25, 0.3) is 0 Å². The SMILES string of the molecule is C.C.C.C.C.C.C.CC(F)(F)CF.CF.FCF.FCOC(CC(F)(F)F)C(F)(F)F.O=S(=O)(O)F. The fourth-order valence-electron chi connectivity index (χ4n) is 0.555. The molecule has 0 radical (unpaired) electrons. The minimum atomic E-state index is -5.21. The van der Waals surface area contributed by atoms with Crippen LogP contribution in [0, 0.1) is 0 Å². The lowest BCUT2D eigenvalue weighted by Crippen LogP contribution is -2.35. The first-order valence-corrected chi connectivity index (χ1v) is 7.40. The predicted octanol–water partition coefficient (Wildman–Crippen LogP) is 10.1. The average Bonchev–Trinajstić information content (AvgIpc) is 2.46. The Morgan fingerprint density at radius 2 is 0.944 bits per heavy atom. The fourth-order valence-corrected chi connectivity index (χ4v) is 0.555. The molecule has 0 spiro atoms. The van der Waals surface area contributed by atoms with Crippen LogP contribution in [0.4, 0.5) is 61.0 Å². The maximum Gasteiger partial charge on any atom is 0.435 e. The van der Waals surface area contributed by atoms with Crippen molar-refractivity contribution in [1.29, 1.82) is 0 Å². The van der Waals surface area contributed by atoms with Crippen molar-refractivity contribution in [2.24, 2.45) is 0 Å². The van der Waals surface area contributed by atoms with Crippen LogP contribution in [-0.2, 0) is 15.2 Å². The third-order valence-electron chi connectivity index (χ3n) is 1.28. The molecule has 36 heavy (non-hydrogen) atoms. The number of alkyl halides is 13. The van der Waals surface area contributed by atoms with E-state index in [-0.39, 0.29) is 52.0 Å². The number of hydrogen-bond acceptors (Lipinski definition) is 3. The Kier molecular flexibility index (Phi) is 81.6. The minimum absolute atomic E-state index is 0. The van der Waals surface area contributed by atoms with E-state index in [2.05, 4.69) is 4.74 Å². The quantitative estimate of drug-likeness (QED) is 0.196. The van der Waals surface area contributed by atoms with E-state index >= 15 is 0 Å². The number of halogens is 14. The molecule has 0 aliphatic carbocycles. The number of rotatable bonds is 4. The summed E-state index contributed by atoms with van der Waals surface area (Å²) in [6.07, 6.45) is -15.6. The van der Waals surface area contributed by atoms with Crippen LogP contribution in [0.1, 0.15) is 65.3 Å². The van der Waals surface area contributed by atoms with Crippen LogP contribution in [0.5, 0.6) is 0 Å². The zero-order valence-corrected chi connectivity index (χ0v) is 15.1. The van der Waals surface area contributed by atoms with Gasteiger partial charge in [-0.25, -0.2) is 26.3 Å². The Morgan fingerprint density at radius 1 is 0.750 bits per heavy atom. The first-order chi connectivity index (χ1) is 12.6. The van der Waals surface area contributed by atoms with Gasteiger partial charge in [-0.1, -0.05) is 55.9 Å². The van der Waals surface area contributed by atoms with Gasteiger partial charge in [0.05, 0.1) is 13.6 Å². The molecule has 0 fully saturated rings. The van der Waals surface area contributed by atoms with Gasteiger partial charge >= 0.3 is 22.9 Å². The molecule has 1 atom stereocenters. The molecular formula is C17H44F14O4S. The zero-order chi connectivity index (χ0) is 25.1. The summed E-state index contributed by atoms with van der Waals surface area (Å²) in [4.78, 5) is 0. The molecule has 19 heteroatoms. The number of hydrogen-bond donors (Lipinski definition) is 1. The zero-order valence-electron chi connectivity index (χ0n) is 14.3. The van der Waals surface area contributed by atoms with Crippen molar-refractivity contribution >= 4 is 10.5 Å². The van der Waals surface area contributed by atoms with Crippen molar-refractivity contribution in [3.63, 3.8) is 0 Å². The lowest BCUT2D eigenvalue weighted by molar-refractivity contribution is -0.262. The van der Waals surface area contributed by atoms with Crippen LogP contribution >= 0.6 is 0 Å². The largest absolute Gasteiger partial charge is 0.435 e. The monoisotopic (exact) mass is 610 g/mol. The molecule has 0 bridgehead atoms. The van der Waals surface area contributed by atoms with Gasteiger partial charge in [0.25, 0.3) is 5.92 Å². The van der Waals surface area contributed by atoms with Crippen molar-refractivity contribution < 1.29 is 78.7 Å². The fraction of sp³-hybridized carbons (Fsp3) is 1.00. The molecule has 240 valence electrons. The van der Waals surface area contributed by atoms with E-state index in [0.29, 0.717) is 14.1 Å². The topological polar surface area (TPSA) is 63.6 Å². The molecule has 0 saturated carbocycles. The molecule has 0 rings (SSSR count). The molecule has 1 N–H and O–H groups in total. The Hall–Kier alpha value is -1.11. The summed E-state index contributed by atoms with van der Waals surface area (Å²) in [5.41, 5.74) is 0. The van der Waals surface area contributed by atoms with Gasteiger partial charge < -0.3 is 4.74 Å². The normalized spacial score (nSPS) is 10.0. The van der Waals surface area contributed by atoms with Gasteiger partial charge in [-0.15, -0.1) is 0 Å². The molecule has 0 aromatic rings. The Morgan fingerprint density at radius 3 is 1.03 bits per heavy atom. The average molecular weight is 611 g/mol. The van der Waals surface area contributed by atoms with Gasteiger partial charge in [0.1, 0.15) is 0 Å². The van der Waals surface area contributed by atoms with Crippen LogP contribution < -0.4 is 0 Å². The van der Waals surface area contributed by atoms with Crippen molar-refractivity contribution in [3.8, 4) is 0 Å². The van der Waals surface area contributed by atoms with Crippen LogP contribution in [0.15, 0.2) is 0 Å². The van der Waals surface area contributed by atoms with E-state index in [9.17, 15) is 61.0 Å². The summed E-state index contributed by atoms with van der Waals surface area (Å²) in [5, 5.41) is 0. The molecule has 4 nitrogen and oxygen atoms in total. The summed E-state index contributed by atoms with van der Waals surface area (Å²) in [6, 6.07) is 0. The van der Waals surface area contributed by atoms with E-state index in [1.54, 1.807) is 0 Å². The smallest absolute Gasteiger partial charge is 0.337 e. The van der Waals surface area contributed by atoms with Gasteiger partial charge in [-0.3, -0.25) is 8.94 Å². The standard InChI is InChI=1S/C5H5F7O.C3H5F3.CH2F2.CH3F.7CH4.FHO3S/c6-2-13-3(5(10,11)12)1-4(7,8)9;1-3(5,6)2-4;2-1-3;1-2;;;;;;;;1-5(2,3)4/h3H,1-2H2;2H2,1H3;1H2;1H3;7*1H4;(H,2,3,4). The van der Waals surface area contributed by atoms with E-state index in [0.717, 1.165) is 0 Å². The van der Waals surface area contributed by atoms with Gasteiger partial charge in [0.2, 0.25) is 6.93 Å². The van der Waals surface area contributed by atoms with Gasteiger partial charge in [-0.05, 0) is 0 Å². The van der Waals surface area contributed by atoms with E-state index in [1.165, 1.54) is 0 Å². The maximum atomic E-state index is 11.6. The van der Waals surface area contributed by atoms with Gasteiger partial charge in [0.15, 0.2) is 19.6 Å². The van der Waals surface area contributed by atoms with E-state index in [4.69, 9.17) is 13.0 Å². The third-order valence-corrected chi connectivity index (χ3v) is 1.28. The Bertz CT molecular complexity index is 432. The van der Waals surface area contributed by atoms with Crippen LogP contribution in [0.2, 0.25) is 0 Å².